The minimum atomic E-state index is -0.190. The number of carbonyl (C=O) groups excluding carboxylic acids is 2. The number of amides is 3. The Morgan fingerprint density at radius 3 is 2.64 bits per heavy atom. The van der Waals surface area contributed by atoms with Gasteiger partial charge in [-0.1, -0.05) is 25.0 Å². The predicted molar refractivity (Wildman–Crippen MR) is 113 cm³/mol. The zero-order valence-corrected chi connectivity index (χ0v) is 17.4. The van der Waals surface area contributed by atoms with Crippen molar-refractivity contribution in [2.75, 3.05) is 44.6 Å². The van der Waals surface area contributed by atoms with E-state index in [0.717, 1.165) is 43.6 Å². The summed E-state index contributed by atoms with van der Waals surface area (Å²) in [7, 11) is 0. The molecule has 1 saturated carbocycles. The first-order chi connectivity index (χ1) is 13.1. The van der Waals surface area contributed by atoms with Crippen LogP contribution in [0.3, 0.4) is 0 Å². The Bertz CT molecular complexity index is 720. The molecule has 0 spiro atoms. The number of hydrogen-bond donors (Lipinski definition) is 2. The van der Waals surface area contributed by atoms with Gasteiger partial charge in [0.15, 0.2) is 0 Å². The summed E-state index contributed by atoms with van der Waals surface area (Å²) in [5.41, 5.74) is 1.75. The number of benzene rings is 1. The molecule has 0 radical (unpaired) electrons. The largest absolute Gasteiger partial charge is 0.339 e. The Morgan fingerprint density at radius 2 is 1.89 bits per heavy atom. The van der Waals surface area contributed by atoms with Crippen molar-refractivity contribution in [2.24, 2.45) is 11.3 Å². The minimum absolute atomic E-state index is 0. The summed E-state index contributed by atoms with van der Waals surface area (Å²) >= 11 is 0. The summed E-state index contributed by atoms with van der Waals surface area (Å²) in [6.07, 6.45) is 4.58. The highest BCUT2D eigenvalue weighted by Crippen LogP contribution is 2.45. The molecule has 2 atom stereocenters. The SMILES string of the molecule is Cc1cccc(NC(=O)N2CCN(C(=O)[C@@]34CCCC[C@H]3CNC4)CC2)c1.Cl. The minimum Gasteiger partial charge on any atom is -0.339 e. The molecule has 2 N–H and O–H groups in total. The lowest BCUT2D eigenvalue weighted by molar-refractivity contribution is -0.146. The van der Waals surface area contributed by atoms with Crippen molar-refractivity contribution in [1.29, 1.82) is 0 Å². The summed E-state index contributed by atoms with van der Waals surface area (Å²) in [6.45, 7) is 6.27. The van der Waals surface area contributed by atoms with E-state index in [-0.39, 0.29) is 23.9 Å². The third kappa shape index (κ3) is 3.98. The molecule has 154 valence electrons. The number of piperazine rings is 1. The van der Waals surface area contributed by atoms with E-state index >= 15 is 0 Å². The van der Waals surface area contributed by atoms with Crippen molar-refractivity contribution in [3.05, 3.63) is 29.8 Å². The normalized spacial score (nSPS) is 27.0. The van der Waals surface area contributed by atoms with Crippen molar-refractivity contribution in [3.63, 3.8) is 0 Å². The van der Waals surface area contributed by atoms with E-state index < -0.39 is 0 Å². The Kier molecular flexibility index (Phi) is 6.50. The van der Waals surface area contributed by atoms with Crippen LogP contribution in [0.2, 0.25) is 0 Å². The molecule has 2 heterocycles. The van der Waals surface area contributed by atoms with Crippen molar-refractivity contribution < 1.29 is 9.59 Å². The smallest absolute Gasteiger partial charge is 0.321 e. The lowest BCUT2D eigenvalue weighted by Crippen LogP contribution is -2.57. The van der Waals surface area contributed by atoms with E-state index in [1.165, 1.54) is 6.42 Å². The number of fused-ring (bicyclic) bond motifs is 1. The van der Waals surface area contributed by atoms with Crippen LogP contribution in [0.5, 0.6) is 0 Å². The molecule has 2 saturated heterocycles. The van der Waals surface area contributed by atoms with Crippen LogP contribution in [-0.2, 0) is 4.79 Å². The standard InChI is InChI=1S/C21H30N4O2.ClH/c1-16-5-4-7-18(13-16)23-20(27)25-11-9-24(10-12-25)19(26)21-8-3-2-6-17(21)14-22-15-21;/h4-5,7,13,17,22H,2-3,6,8-12,14-15H2,1H3,(H,23,27);1H/t17-,21+;/m0./s1. The molecule has 2 aliphatic heterocycles. The Labute approximate surface area is 173 Å². The van der Waals surface area contributed by atoms with Crippen LogP contribution in [-0.4, -0.2) is 61.0 Å². The van der Waals surface area contributed by atoms with Crippen molar-refractivity contribution >= 4 is 30.0 Å². The van der Waals surface area contributed by atoms with Gasteiger partial charge >= 0.3 is 6.03 Å². The van der Waals surface area contributed by atoms with Crippen molar-refractivity contribution in [3.8, 4) is 0 Å². The second-order valence-corrected chi connectivity index (χ2v) is 8.31. The zero-order chi connectivity index (χ0) is 18.9. The third-order valence-electron chi connectivity index (χ3n) is 6.59. The quantitative estimate of drug-likeness (QED) is 0.793. The summed E-state index contributed by atoms with van der Waals surface area (Å²) < 4.78 is 0. The summed E-state index contributed by atoms with van der Waals surface area (Å²) in [5.74, 6) is 0.803. The molecule has 0 unspecified atom stereocenters. The van der Waals surface area contributed by atoms with Gasteiger partial charge in [-0.25, -0.2) is 4.79 Å². The maximum absolute atomic E-state index is 13.3. The van der Waals surface area contributed by atoms with Crippen molar-refractivity contribution in [1.82, 2.24) is 15.1 Å². The molecule has 7 heteroatoms. The molecule has 1 aliphatic carbocycles. The van der Waals surface area contributed by atoms with E-state index in [9.17, 15) is 9.59 Å². The summed E-state index contributed by atoms with van der Waals surface area (Å²) in [5, 5.41) is 6.43. The monoisotopic (exact) mass is 406 g/mol. The maximum atomic E-state index is 13.3. The second kappa shape index (κ2) is 8.70. The number of hydrogen-bond acceptors (Lipinski definition) is 3. The molecular weight excluding hydrogens is 376 g/mol. The van der Waals surface area contributed by atoms with Crippen molar-refractivity contribution in [2.45, 2.75) is 32.6 Å². The Morgan fingerprint density at radius 1 is 1.14 bits per heavy atom. The zero-order valence-electron chi connectivity index (χ0n) is 16.6. The van der Waals surface area contributed by atoms with Crippen LogP contribution in [0.15, 0.2) is 24.3 Å². The highest BCUT2D eigenvalue weighted by molar-refractivity contribution is 5.90. The van der Waals surface area contributed by atoms with E-state index in [2.05, 4.69) is 10.6 Å². The van der Waals surface area contributed by atoms with Gasteiger partial charge in [-0.3, -0.25) is 4.79 Å². The molecule has 3 amide bonds. The third-order valence-corrected chi connectivity index (χ3v) is 6.59. The first kappa shape index (κ1) is 20.9. The molecule has 6 nitrogen and oxygen atoms in total. The Hall–Kier alpha value is -1.79. The van der Waals surface area contributed by atoms with Gasteiger partial charge < -0.3 is 20.4 Å². The highest BCUT2D eigenvalue weighted by Gasteiger charge is 2.51. The van der Waals surface area contributed by atoms with Gasteiger partial charge in [-0.05, 0) is 49.9 Å². The summed E-state index contributed by atoms with van der Waals surface area (Å²) in [6, 6.07) is 7.74. The number of halogens is 1. The van der Waals surface area contributed by atoms with Crippen LogP contribution in [0, 0.1) is 18.3 Å². The van der Waals surface area contributed by atoms with Gasteiger partial charge in [0.2, 0.25) is 5.91 Å². The summed E-state index contributed by atoms with van der Waals surface area (Å²) in [4.78, 5) is 29.7. The molecule has 4 rings (SSSR count). The number of rotatable bonds is 2. The first-order valence-electron chi connectivity index (χ1n) is 10.2. The molecule has 0 bridgehead atoms. The number of nitrogens with one attached hydrogen (secondary N) is 2. The van der Waals surface area contributed by atoms with Crippen LogP contribution in [0.1, 0.15) is 31.2 Å². The van der Waals surface area contributed by atoms with Gasteiger partial charge in [0.1, 0.15) is 0 Å². The van der Waals surface area contributed by atoms with E-state index in [1.54, 1.807) is 0 Å². The fourth-order valence-corrected chi connectivity index (χ4v) is 5.02. The Balaban J connectivity index is 0.00000225. The second-order valence-electron chi connectivity index (χ2n) is 8.31. The van der Waals surface area contributed by atoms with Crippen LogP contribution in [0.4, 0.5) is 10.5 Å². The average Bonchev–Trinajstić information content (AvgIpc) is 3.13. The van der Waals surface area contributed by atoms with Gasteiger partial charge in [0.05, 0.1) is 5.41 Å². The highest BCUT2D eigenvalue weighted by atomic mass is 35.5. The fourth-order valence-electron chi connectivity index (χ4n) is 5.02. The fraction of sp³-hybridized carbons (Fsp3) is 0.619. The van der Waals surface area contributed by atoms with Gasteiger partial charge in [0.25, 0.3) is 0 Å². The van der Waals surface area contributed by atoms with Gasteiger partial charge in [0, 0.05) is 38.4 Å². The molecule has 3 aliphatic rings. The topological polar surface area (TPSA) is 64.7 Å². The molecule has 1 aromatic rings. The number of anilines is 1. The van der Waals surface area contributed by atoms with Crippen LogP contribution >= 0.6 is 12.4 Å². The van der Waals surface area contributed by atoms with E-state index in [4.69, 9.17) is 0 Å². The molecule has 0 aromatic heterocycles. The number of carbonyl (C=O) groups is 2. The van der Waals surface area contributed by atoms with Crippen LogP contribution < -0.4 is 10.6 Å². The predicted octanol–water partition coefficient (Wildman–Crippen LogP) is 2.87. The number of urea groups is 1. The molecule has 3 fully saturated rings. The van der Waals surface area contributed by atoms with Crippen LogP contribution in [0.25, 0.3) is 0 Å². The molecular formula is C21H31ClN4O2. The molecule has 28 heavy (non-hydrogen) atoms. The lowest BCUT2D eigenvalue weighted by Gasteiger charge is -2.43. The van der Waals surface area contributed by atoms with Gasteiger partial charge in [-0.2, -0.15) is 0 Å². The lowest BCUT2D eigenvalue weighted by atomic mass is 9.67. The van der Waals surface area contributed by atoms with E-state index in [0.29, 0.717) is 38.0 Å². The van der Waals surface area contributed by atoms with Gasteiger partial charge in [-0.15, -0.1) is 12.4 Å². The number of aryl methyl sites for hydroxylation is 1. The molecule has 1 aromatic carbocycles. The average molecular weight is 407 g/mol. The maximum Gasteiger partial charge on any atom is 0.321 e. The number of nitrogens with zero attached hydrogens (tertiary/aromatic N) is 2. The van der Waals surface area contributed by atoms with E-state index in [1.807, 2.05) is 41.0 Å². The first-order valence-corrected chi connectivity index (χ1v) is 10.2.